The van der Waals surface area contributed by atoms with Gasteiger partial charge in [0.05, 0.1) is 6.26 Å². The van der Waals surface area contributed by atoms with Crippen molar-refractivity contribution in [2.75, 3.05) is 6.54 Å². The topological polar surface area (TPSA) is 42.2 Å². The lowest BCUT2D eigenvalue weighted by Crippen LogP contribution is -2.44. The molecule has 3 atom stereocenters. The molecule has 0 bridgehead atoms. The van der Waals surface area contributed by atoms with Gasteiger partial charge in [0.2, 0.25) is 5.78 Å². The molecule has 1 aromatic rings. The van der Waals surface area contributed by atoms with Crippen molar-refractivity contribution in [3.8, 4) is 0 Å². The van der Waals surface area contributed by atoms with Crippen LogP contribution in [0.4, 0.5) is 0 Å². The van der Waals surface area contributed by atoms with Crippen molar-refractivity contribution in [3.63, 3.8) is 0 Å². The minimum Gasteiger partial charge on any atom is -0.461 e. The molecular formula is C14H21NO2. The first-order valence-electron chi connectivity index (χ1n) is 6.53. The Labute approximate surface area is 103 Å². The first-order chi connectivity index (χ1) is 8.22. The molecule has 17 heavy (non-hydrogen) atoms. The molecule has 0 spiro atoms. The van der Waals surface area contributed by atoms with Crippen molar-refractivity contribution in [2.45, 2.75) is 39.2 Å². The van der Waals surface area contributed by atoms with Gasteiger partial charge in [-0.1, -0.05) is 20.3 Å². The predicted octanol–water partition coefficient (Wildman–Crippen LogP) is 2.88. The summed E-state index contributed by atoms with van der Waals surface area (Å²) in [7, 11) is 0. The summed E-state index contributed by atoms with van der Waals surface area (Å²) in [6, 6.07) is 3.81. The molecule has 3 heteroatoms. The molecule has 1 saturated heterocycles. The van der Waals surface area contributed by atoms with E-state index in [0.29, 0.717) is 11.8 Å². The Morgan fingerprint density at radius 1 is 1.65 bits per heavy atom. The van der Waals surface area contributed by atoms with Crippen LogP contribution >= 0.6 is 0 Å². The summed E-state index contributed by atoms with van der Waals surface area (Å²) < 4.78 is 5.18. The Morgan fingerprint density at radius 3 is 3.12 bits per heavy atom. The van der Waals surface area contributed by atoms with Crippen molar-refractivity contribution in [1.29, 1.82) is 0 Å². The molecule has 2 heterocycles. The summed E-state index contributed by atoms with van der Waals surface area (Å²) in [5, 5.41) is 3.46. The number of piperidine rings is 1. The van der Waals surface area contributed by atoms with Crippen LogP contribution in [0.25, 0.3) is 0 Å². The van der Waals surface area contributed by atoms with Crippen LogP contribution in [-0.2, 0) is 0 Å². The van der Waals surface area contributed by atoms with Gasteiger partial charge in [0, 0.05) is 12.0 Å². The molecule has 0 amide bonds. The predicted molar refractivity (Wildman–Crippen MR) is 67.0 cm³/mol. The number of carbonyl (C=O) groups excluding carboxylic acids is 1. The zero-order chi connectivity index (χ0) is 12.3. The molecule has 1 aromatic heterocycles. The first kappa shape index (κ1) is 12.4. The van der Waals surface area contributed by atoms with Gasteiger partial charge in [-0.2, -0.15) is 0 Å². The number of ketones is 1. The summed E-state index contributed by atoms with van der Waals surface area (Å²) >= 11 is 0. The van der Waals surface area contributed by atoms with E-state index in [1.54, 1.807) is 18.4 Å². The molecule has 0 saturated carbocycles. The molecular weight excluding hydrogens is 214 g/mol. The van der Waals surface area contributed by atoms with E-state index in [1.807, 2.05) is 6.92 Å². The molecule has 94 valence electrons. The summed E-state index contributed by atoms with van der Waals surface area (Å²) in [5.41, 5.74) is 0. The van der Waals surface area contributed by atoms with E-state index in [2.05, 4.69) is 12.2 Å². The summed E-state index contributed by atoms with van der Waals surface area (Å²) in [6.07, 6.45) is 5.10. The zero-order valence-corrected chi connectivity index (χ0v) is 10.6. The molecule has 0 aliphatic carbocycles. The Hall–Kier alpha value is -1.09. The Balaban J connectivity index is 1.99. The third-order valence-corrected chi connectivity index (χ3v) is 3.90. The third kappa shape index (κ3) is 2.78. The lowest BCUT2D eigenvalue weighted by atomic mass is 9.83. The minimum absolute atomic E-state index is 0.00417. The maximum atomic E-state index is 12.2. The smallest absolute Gasteiger partial charge is 0.202 e. The highest BCUT2D eigenvalue weighted by atomic mass is 16.3. The van der Waals surface area contributed by atoms with Crippen molar-refractivity contribution in [2.24, 2.45) is 11.8 Å². The van der Waals surface area contributed by atoms with Gasteiger partial charge < -0.3 is 9.73 Å². The van der Waals surface area contributed by atoms with Crippen molar-refractivity contribution >= 4 is 5.78 Å². The fourth-order valence-electron chi connectivity index (χ4n) is 2.61. The van der Waals surface area contributed by atoms with Crippen molar-refractivity contribution < 1.29 is 9.21 Å². The lowest BCUT2D eigenvalue weighted by Gasteiger charge is -2.32. The molecule has 1 N–H and O–H groups in total. The molecule has 1 fully saturated rings. The second kappa shape index (κ2) is 5.50. The fraction of sp³-hybridized carbons (Fsp3) is 0.643. The van der Waals surface area contributed by atoms with E-state index in [-0.39, 0.29) is 11.7 Å². The van der Waals surface area contributed by atoms with Gasteiger partial charge in [-0.15, -0.1) is 0 Å². The average molecular weight is 235 g/mol. The number of hydrogen-bond acceptors (Lipinski definition) is 3. The Bertz CT molecular complexity index is 358. The van der Waals surface area contributed by atoms with Crippen LogP contribution < -0.4 is 5.32 Å². The largest absolute Gasteiger partial charge is 0.461 e. The van der Waals surface area contributed by atoms with Gasteiger partial charge in [-0.25, -0.2) is 0 Å². The molecule has 0 aromatic carbocycles. The fourth-order valence-corrected chi connectivity index (χ4v) is 2.61. The SMILES string of the molecule is CCC1CCNC(C(C)C(=O)c2ccco2)C1. The van der Waals surface area contributed by atoms with Crippen LogP contribution in [0.2, 0.25) is 0 Å². The van der Waals surface area contributed by atoms with Crippen LogP contribution in [0.1, 0.15) is 43.7 Å². The maximum absolute atomic E-state index is 12.2. The van der Waals surface area contributed by atoms with E-state index in [9.17, 15) is 4.79 Å². The molecule has 1 aliphatic rings. The number of carbonyl (C=O) groups is 1. The second-order valence-electron chi connectivity index (χ2n) is 4.99. The highest BCUT2D eigenvalue weighted by Crippen LogP contribution is 2.25. The van der Waals surface area contributed by atoms with Gasteiger partial charge in [0.15, 0.2) is 5.76 Å². The second-order valence-corrected chi connectivity index (χ2v) is 4.99. The van der Waals surface area contributed by atoms with E-state index in [1.165, 1.54) is 12.8 Å². The van der Waals surface area contributed by atoms with Gasteiger partial charge in [0.1, 0.15) is 0 Å². The molecule has 1 aliphatic heterocycles. The zero-order valence-electron chi connectivity index (χ0n) is 10.6. The van der Waals surface area contributed by atoms with E-state index < -0.39 is 0 Å². The minimum atomic E-state index is -0.00417. The molecule has 3 nitrogen and oxygen atoms in total. The number of Topliss-reactive ketones (excluding diaryl/α,β-unsaturated/α-hetero) is 1. The van der Waals surface area contributed by atoms with Gasteiger partial charge >= 0.3 is 0 Å². The highest BCUT2D eigenvalue weighted by Gasteiger charge is 2.30. The van der Waals surface area contributed by atoms with Crippen LogP contribution in [-0.4, -0.2) is 18.4 Å². The van der Waals surface area contributed by atoms with Gasteiger partial charge in [0.25, 0.3) is 0 Å². The normalized spacial score (nSPS) is 26.7. The van der Waals surface area contributed by atoms with Crippen LogP contribution in [0.5, 0.6) is 0 Å². The third-order valence-electron chi connectivity index (χ3n) is 3.90. The summed E-state index contributed by atoms with van der Waals surface area (Å²) in [5.74, 6) is 1.35. The molecule has 0 radical (unpaired) electrons. The quantitative estimate of drug-likeness (QED) is 0.816. The number of rotatable bonds is 4. The molecule has 3 unspecified atom stereocenters. The van der Waals surface area contributed by atoms with Crippen molar-refractivity contribution in [3.05, 3.63) is 24.2 Å². The standard InChI is InChI=1S/C14H21NO2/c1-3-11-6-7-15-12(9-11)10(2)14(16)13-5-4-8-17-13/h4-5,8,10-12,15H,3,6-7,9H2,1-2H3. The summed E-state index contributed by atoms with van der Waals surface area (Å²) in [4.78, 5) is 12.2. The molecule has 2 rings (SSSR count). The lowest BCUT2D eigenvalue weighted by molar-refractivity contribution is 0.0850. The number of nitrogens with one attached hydrogen (secondary N) is 1. The number of furan rings is 1. The van der Waals surface area contributed by atoms with Crippen LogP contribution in [0.15, 0.2) is 22.8 Å². The van der Waals surface area contributed by atoms with Crippen molar-refractivity contribution in [1.82, 2.24) is 5.32 Å². The average Bonchev–Trinajstić information content (AvgIpc) is 2.91. The van der Waals surface area contributed by atoms with E-state index in [4.69, 9.17) is 4.42 Å². The van der Waals surface area contributed by atoms with Crippen LogP contribution in [0.3, 0.4) is 0 Å². The van der Waals surface area contributed by atoms with E-state index >= 15 is 0 Å². The van der Waals surface area contributed by atoms with E-state index in [0.717, 1.165) is 18.9 Å². The Morgan fingerprint density at radius 2 is 2.47 bits per heavy atom. The summed E-state index contributed by atoms with van der Waals surface area (Å²) in [6.45, 7) is 5.26. The number of hydrogen-bond donors (Lipinski definition) is 1. The monoisotopic (exact) mass is 235 g/mol. The Kier molecular flexibility index (Phi) is 4.00. The van der Waals surface area contributed by atoms with Crippen LogP contribution in [0, 0.1) is 11.8 Å². The first-order valence-corrected chi connectivity index (χ1v) is 6.53. The highest BCUT2D eigenvalue weighted by molar-refractivity contribution is 5.95. The maximum Gasteiger partial charge on any atom is 0.202 e. The van der Waals surface area contributed by atoms with Gasteiger partial charge in [-0.3, -0.25) is 4.79 Å². The van der Waals surface area contributed by atoms with Gasteiger partial charge in [-0.05, 0) is 37.4 Å².